The molecule has 3 rings (SSSR count). The largest absolute Gasteiger partial charge is 0.497 e. The lowest BCUT2D eigenvalue weighted by Gasteiger charge is -2.13. The summed E-state index contributed by atoms with van der Waals surface area (Å²) in [7, 11) is -2.37. The van der Waals surface area contributed by atoms with Crippen molar-refractivity contribution in [2.24, 2.45) is 0 Å². The number of nitrogens with zero attached hydrogens (tertiary/aromatic N) is 1. The predicted octanol–water partition coefficient (Wildman–Crippen LogP) is 3.51. The second kappa shape index (κ2) is 7.77. The molecule has 1 aromatic heterocycles. The summed E-state index contributed by atoms with van der Waals surface area (Å²) in [5.41, 5.74) is 1.21. The SMILES string of the molecule is COc1ccc(S(=O)(=O)Nc2cc(C)ccc2C(=O)Nc2nccs2)cc1. The lowest BCUT2D eigenvalue weighted by molar-refractivity contribution is 0.102. The van der Waals surface area contributed by atoms with E-state index >= 15 is 0 Å². The highest BCUT2D eigenvalue weighted by molar-refractivity contribution is 7.92. The lowest BCUT2D eigenvalue weighted by Crippen LogP contribution is -2.18. The number of aryl methyl sites for hydroxylation is 1. The number of anilines is 2. The number of nitrogens with one attached hydrogen (secondary N) is 2. The summed E-state index contributed by atoms with van der Waals surface area (Å²) in [4.78, 5) is 16.6. The molecular weight excluding hydrogens is 386 g/mol. The summed E-state index contributed by atoms with van der Waals surface area (Å²) >= 11 is 1.27. The third-order valence-corrected chi connectivity index (χ3v) is 5.76. The van der Waals surface area contributed by atoms with Gasteiger partial charge in [-0.25, -0.2) is 13.4 Å². The Balaban J connectivity index is 1.91. The molecule has 2 aromatic carbocycles. The first-order valence-corrected chi connectivity index (χ1v) is 10.2. The second-order valence-corrected chi connectivity index (χ2v) is 8.20. The van der Waals surface area contributed by atoms with Crippen LogP contribution in [-0.2, 0) is 10.0 Å². The van der Waals surface area contributed by atoms with Crippen LogP contribution in [0.2, 0.25) is 0 Å². The highest BCUT2D eigenvalue weighted by atomic mass is 32.2. The fourth-order valence-electron chi connectivity index (χ4n) is 2.35. The number of ether oxygens (including phenoxy) is 1. The minimum Gasteiger partial charge on any atom is -0.497 e. The number of sulfonamides is 1. The van der Waals surface area contributed by atoms with Gasteiger partial charge in [0.2, 0.25) is 0 Å². The van der Waals surface area contributed by atoms with Gasteiger partial charge in [-0.2, -0.15) is 0 Å². The molecule has 0 bridgehead atoms. The van der Waals surface area contributed by atoms with Gasteiger partial charge in [-0.3, -0.25) is 14.8 Å². The van der Waals surface area contributed by atoms with E-state index in [4.69, 9.17) is 4.74 Å². The average molecular weight is 403 g/mol. The molecule has 3 aromatic rings. The van der Waals surface area contributed by atoms with E-state index in [1.807, 2.05) is 6.92 Å². The van der Waals surface area contributed by atoms with E-state index in [1.165, 1.54) is 30.6 Å². The molecule has 0 fully saturated rings. The number of thiazole rings is 1. The number of carbonyl (C=O) groups is 1. The average Bonchev–Trinajstić information content (AvgIpc) is 3.14. The van der Waals surface area contributed by atoms with E-state index in [-0.39, 0.29) is 16.1 Å². The van der Waals surface area contributed by atoms with Crippen LogP contribution in [-0.4, -0.2) is 26.4 Å². The van der Waals surface area contributed by atoms with Crippen molar-refractivity contribution in [1.82, 2.24) is 4.98 Å². The Morgan fingerprint density at radius 2 is 1.89 bits per heavy atom. The Bertz CT molecular complexity index is 1050. The van der Waals surface area contributed by atoms with Crippen LogP contribution in [0.4, 0.5) is 10.8 Å². The maximum atomic E-state index is 12.7. The molecule has 2 N–H and O–H groups in total. The van der Waals surface area contributed by atoms with E-state index in [0.717, 1.165) is 5.56 Å². The first-order chi connectivity index (χ1) is 12.9. The monoisotopic (exact) mass is 403 g/mol. The summed E-state index contributed by atoms with van der Waals surface area (Å²) < 4.78 is 33.0. The molecule has 0 aliphatic heterocycles. The smallest absolute Gasteiger partial charge is 0.261 e. The van der Waals surface area contributed by atoms with Crippen molar-refractivity contribution in [2.75, 3.05) is 17.1 Å². The zero-order chi connectivity index (χ0) is 19.4. The third kappa shape index (κ3) is 4.44. The van der Waals surface area contributed by atoms with Crippen LogP contribution in [0.3, 0.4) is 0 Å². The van der Waals surface area contributed by atoms with Crippen LogP contribution in [0.15, 0.2) is 58.9 Å². The highest BCUT2D eigenvalue weighted by Crippen LogP contribution is 2.24. The number of amides is 1. The number of hydrogen-bond donors (Lipinski definition) is 2. The van der Waals surface area contributed by atoms with Crippen molar-refractivity contribution in [3.63, 3.8) is 0 Å². The molecule has 0 aliphatic rings. The molecule has 0 radical (unpaired) electrons. The van der Waals surface area contributed by atoms with Gasteiger partial charge < -0.3 is 4.74 Å². The van der Waals surface area contributed by atoms with Crippen molar-refractivity contribution >= 4 is 38.1 Å². The first kappa shape index (κ1) is 18.9. The minimum atomic E-state index is -3.87. The van der Waals surface area contributed by atoms with Gasteiger partial charge in [-0.05, 0) is 48.9 Å². The topological polar surface area (TPSA) is 97.4 Å². The number of rotatable bonds is 6. The summed E-state index contributed by atoms with van der Waals surface area (Å²) in [6.45, 7) is 1.81. The molecule has 7 nitrogen and oxygen atoms in total. The van der Waals surface area contributed by atoms with Crippen molar-refractivity contribution in [3.05, 3.63) is 65.2 Å². The minimum absolute atomic E-state index is 0.0658. The zero-order valence-electron chi connectivity index (χ0n) is 14.6. The normalized spacial score (nSPS) is 11.0. The summed E-state index contributed by atoms with van der Waals surface area (Å²) in [6, 6.07) is 10.9. The predicted molar refractivity (Wildman–Crippen MR) is 105 cm³/mol. The Hall–Kier alpha value is -2.91. The molecule has 0 saturated carbocycles. The van der Waals surface area contributed by atoms with Gasteiger partial charge in [0, 0.05) is 11.6 Å². The van der Waals surface area contributed by atoms with Crippen LogP contribution in [0.5, 0.6) is 5.75 Å². The molecule has 0 atom stereocenters. The zero-order valence-corrected chi connectivity index (χ0v) is 16.2. The number of carbonyl (C=O) groups excluding carboxylic acids is 1. The van der Waals surface area contributed by atoms with Gasteiger partial charge in [-0.15, -0.1) is 11.3 Å². The fourth-order valence-corrected chi connectivity index (χ4v) is 3.94. The van der Waals surface area contributed by atoms with E-state index in [1.54, 1.807) is 41.9 Å². The van der Waals surface area contributed by atoms with Gasteiger partial charge in [0.1, 0.15) is 5.75 Å². The van der Waals surface area contributed by atoms with E-state index in [0.29, 0.717) is 10.9 Å². The molecular formula is C18H17N3O4S2. The maximum Gasteiger partial charge on any atom is 0.261 e. The quantitative estimate of drug-likeness (QED) is 0.656. The van der Waals surface area contributed by atoms with E-state index < -0.39 is 15.9 Å². The summed E-state index contributed by atoms with van der Waals surface area (Å²) in [6.07, 6.45) is 1.57. The summed E-state index contributed by atoms with van der Waals surface area (Å²) in [5, 5.41) is 4.82. The fraction of sp³-hybridized carbons (Fsp3) is 0.111. The third-order valence-electron chi connectivity index (χ3n) is 3.69. The van der Waals surface area contributed by atoms with Gasteiger partial charge in [0.05, 0.1) is 23.3 Å². The van der Waals surface area contributed by atoms with Crippen LogP contribution >= 0.6 is 11.3 Å². The lowest BCUT2D eigenvalue weighted by atomic mass is 10.1. The van der Waals surface area contributed by atoms with Crippen LogP contribution in [0, 0.1) is 6.92 Å². The number of methoxy groups -OCH3 is 1. The van der Waals surface area contributed by atoms with Crippen LogP contribution < -0.4 is 14.8 Å². The van der Waals surface area contributed by atoms with Crippen LogP contribution in [0.1, 0.15) is 15.9 Å². The molecule has 0 spiro atoms. The first-order valence-electron chi connectivity index (χ1n) is 7.87. The van der Waals surface area contributed by atoms with Crippen LogP contribution in [0.25, 0.3) is 0 Å². The maximum absolute atomic E-state index is 12.7. The standard InChI is InChI=1S/C18H17N3O4S2/c1-12-3-8-15(17(22)20-18-19-9-10-26-18)16(11-12)21-27(23,24)14-6-4-13(25-2)5-7-14/h3-11,21H,1-2H3,(H,19,20,22). The highest BCUT2D eigenvalue weighted by Gasteiger charge is 2.19. The Kier molecular flexibility index (Phi) is 5.43. The van der Waals surface area contributed by atoms with Gasteiger partial charge in [-0.1, -0.05) is 6.07 Å². The summed E-state index contributed by atoms with van der Waals surface area (Å²) in [5.74, 6) is 0.102. The molecule has 140 valence electrons. The molecule has 1 amide bonds. The van der Waals surface area contributed by atoms with Gasteiger partial charge in [0.25, 0.3) is 15.9 Å². The van der Waals surface area contributed by atoms with Crippen molar-refractivity contribution < 1.29 is 17.9 Å². The van der Waals surface area contributed by atoms with Gasteiger partial charge >= 0.3 is 0 Å². The number of benzene rings is 2. The van der Waals surface area contributed by atoms with E-state index in [2.05, 4.69) is 15.0 Å². The molecule has 0 unspecified atom stereocenters. The Labute approximate surface area is 161 Å². The van der Waals surface area contributed by atoms with Crippen molar-refractivity contribution in [3.8, 4) is 5.75 Å². The number of hydrogen-bond acceptors (Lipinski definition) is 6. The number of aromatic nitrogens is 1. The molecule has 9 heteroatoms. The van der Waals surface area contributed by atoms with Gasteiger partial charge in [0.15, 0.2) is 5.13 Å². The van der Waals surface area contributed by atoms with E-state index in [9.17, 15) is 13.2 Å². The van der Waals surface area contributed by atoms with Crippen molar-refractivity contribution in [2.45, 2.75) is 11.8 Å². The molecule has 1 heterocycles. The van der Waals surface area contributed by atoms with Crippen molar-refractivity contribution in [1.29, 1.82) is 0 Å². The molecule has 0 saturated heterocycles. The molecule has 0 aliphatic carbocycles. The second-order valence-electron chi connectivity index (χ2n) is 5.62. The molecule has 27 heavy (non-hydrogen) atoms. The Morgan fingerprint density at radius 1 is 1.15 bits per heavy atom. The Morgan fingerprint density at radius 3 is 2.52 bits per heavy atom.